The Balaban J connectivity index is 0.00000261. The van der Waals surface area contributed by atoms with Crippen LogP contribution in [-0.4, -0.2) is 89.0 Å². The Morgan fingerprint density at radius 1 is 1.30 bits per heavy atom. The van der Waals surface area contributed by atoms with Gasteiger partial charge in [0.15, 0.2) is 0 Å². The number of hydroxylamine groups is 2. The molecule has 13 heteroatoms. The number of primary amides is 1. The molecular formula is C14H16N4NaO7S. The van der Waals surface area contributed by atoms with Crippen LogP contribution in [0.1, 0.15) is 23.2 Å². The monoisotopic (exact) mass is 407 g/mol. The zero-order valence-corrected chi connectivity index (χ0v) is 17.2. The summed E-state index contributed by atoms with van der Waals surface area (Å²) in [5, 5.41) is 3.17. The number of nitrogens with two attached hydrogens (primary N) is 1. The number of fused-ring (bicyclic) bond motifs is 2. The first-order valence-electron chi connectivity index (χ1n) is 7.63. The molecule has 0 aromatic heterocycles. The topological polar surface area (TPSA) is 159 Å². The average molecular weight is 407 g/mol. The van der Waals surface area contributed by atoms with Crippen LogP contribution >= 0.6 is 0 Å². The Labute approximate surface area is 177 Å². The number of amides is 4. The van der Waals surface area contributed by atoms with Crippen molar-refractivity contribution in [3.63, 3.8) is 0 Å². The van der Waals surface area contributed by atoms with E-state index in [2.05, 4.69) is 9.60 Å². The molecule has 1 radical (unpaired) electrons. The summed E-state index contributed by atoms with van der Waals surface area (Å²) < 4.78 is 34.8. The van der Waals surface area contributed by atoms with E-state index < -0.39 is 40.3 Å². The average Bonchev–Trinajstić information content (AvgIpc) is 2.78. The molecule has 2 atom stereocenters. The summed E-state index contributed by atoms with van der Waals surface area (Å²) in [6.07, 6.45) is 0.597. The van der Waals surface area contributed by atoms with Crippen molar-refractivity contribution in [1.29, 1.82) is 0 Å². The largest absolute Gasteiger partial charge is 0.418 e. The van der Waals surface area contributed by atoms with E-state index in [-0.39, 0.29) is 48.1 Å². The molecule has 1 aromatic rings. The molecule has 3 rings (SSSR count). The van der Waals surface area contributed by atoms with E-state index in [9.17, 15) is 22.8 Å². The van der Waals surface area contributed by atoms with Crippen LogP contribution in [0.4, 0.5) is 10.5 Å². The minimum absolute atomic E-state index is 0. The standard InChI is InChI=1S/C14H16N4O7S.Na/c15-12(19)8-2-1-3-9(6-8)16-13(20)11-5-4-10-7-17(11)14(21)18(10)25-26(22,23)24;/h1-3,6,10-11H,4-5,7H2,(H2,15,19)(H,16,20)(H,22,23,24);/t10-,11-;/m1./s1. The number of benzene rings is 1. The number of nitrogens with one attached hydrogen (secondary N) is 1. The fourth-order valence-electron chi connectivity index (χ4n) is 3.08. The summed E-state index contributed by atoms with van der Waals surface area (Å²) >= 11 is 0. The molecule has 0 saturated carbocycles. The first-order valence-corrected chi connectivity index (χ1v) is 9.00. The molecule has 2 fully saturated rings. The van der Waals surface area contributed by atoms with Crippen LogP contribution in [0.25, 0.3) is 0 Å². The number of hydrogen-bond acceptors (Lipinski definition) is 6. The minimum atomic E-state index is -4.84. The molecule has 4 N–H and O–H groups in total. The molecule has 2 aliphatic rings. The summed E-state index contributed by atoms with van der Waals surface area (Å²) in [4.78, 5) is 37.2. The predicted molar refractivity (Wildman–Crippen MR) is 92.7 cm³/mol. The van der Waals surface area contributed by atoms with E-state index in [0.717, 1.165) is 0 Å². The number of piperidine rings is 1. The molecule has 2 bridgehead atoms. The predicted octanol–water partition coefficient (Wildman–Crippen LogP) is -0.654. The first-order chi connectivity index (χ1) is 12.2. The number of nitrogens with zero attached hydrogens (tertiary/aromatic N) is 2. The second-order valence-electron chi connectivity index (χ2n) is 5.94. The SMILES string of the molecule is NC(=O)c1cccc(NC(=O)[C@H]2CC[C@@H]3CN2C(=O)N3OS(=O)(=O)O)c1.[Na]. The van der Waals surface area contributed by atoms with E-state index in [0.29, 0.717) is 17.2 Å². The van der Waals surface area contributed by atoms with Crippen molar-refractivity contribution in [3.8, 4) is 0 Å². The van der Waals surface area contributed by atoms with Gasteiger partial charge in [-0.05, 0) is 31.0 Å². The number of urea groups is 1. The van der Waals surface area contributed by atoms with Gasteiger partial charge >= 0.3 is 16.4 Å². The van der Waals surface area contributed by atoms with Gasteiger partial charge in [-0.2, -0.15) is 13.5 Å². The molecular weight excluding hydrogens is 391 g/mol. The Morgan fingerprint density at radius 3 is 2.63 bits per heavy atom. The normalized spacial score (nSPS) is 21.6. The molecule has 27 heavy (non-hydrogen) atoms. The van der Waals surface area contributed by atoms with E-state index in [1.807, 2.05) is 0 Å². The third kappa shape index (κ3) is 4.78. The smallest absolute Gasteiger partial charge is 0.366 e. The first kappa shape index (κ1) is 21.6. The Bertz CT molecular complexity index is 878. The van der Waals surface area contributed by atoms with Crippen LogP contribution < -0.4 is 11.1 Å². The van der Waals surface area contributed by atoms with Gasteiger partial charge < -0.3 is 16.0 Å². The number of carbonyl (C=O) groups excluding carboxylic acids is 3. The minimum Gasteiger partial charge on any atom is -0.366 e. The van der Waals surface area contributed by atoms with Crippen LogP contribution in [0.5, 0.6) is 0 Å². The van der Waals surface area contributed by atoms with Crippen LogP contribution in [0, 0.1) is 0 Å². The van der Waals surface area contributed by atoms with Gasteiger partial charge in [0.25, 0.3) is 0 Å². The van der Waals surface area contributed by atoms with E-state index in [4.69, 9.17) is 10.3 Å². The van der Waals surface area contributed by atoms with Crippen molar-refractivity contribution in [2.45, 2.75) is 24.9 Å². The van der Waals surface area contributed by atoms with E-state index in [1.165, 1.54) is 17.0 Å². The van der Waals surface area contributed by atoms with Crippen molar-refractivity contribution in [1.82, 2.24) is 9.96 Å². The molecule has 2 saturated heterocycles. The molecule has 4 amide bonds. The van der Waals surface area contributed by atoms with Crippen molar-refractivity contribution < 1.29 is 31.6 Å². The van der Waals surface area contributed by atoms with Gasteiger partial charge in [-0.15, -0.1) is 4.28 Å². The molecule has 0 spiro atoms. The zero-order chi connectivity index (χ0) is 19.1. The Morgan fingerprint density at radius 2 is 2.00 bits per heavy atom. The maximum Gasteiger partial charge on any atom is 0.418 e. The van der Waals surface area contributed by atoms with Gasteiger partial charge in [0.2, 0.25) is 11.8 Å². The van der Waals surface area contributed by atoms with E-state index >= 15 is 0 Å². The van der Waals surface area contributed by atoms with Crippen molar-refractivity contribution in [2.24, 2.45) is 5.73 Å². The van der Waals surface area contributed by atoms with Crippen molar-refractivity contribution in [3.05, 3.63) is 29.8 Å². The van der Waals surface area contributed by atoms with Gasteiger partial charge in [-0.3, -0.25) is 14.1 Å². The van der Waals surface area contributed by atoms with Crippen LogP contribution in [-0.2, 0) is 19.5 Å². The number of rotatable bonds is 5. The number of carbonyl (C=O) groups is 3. The summed E-state index contributed by atoms with van der Waals surface area (Å²) in [7, 11) is -4.84. The fourth-order valence-corrected chi connectivity index (χ4v) is 3.47. The Kier molecular flexibility index (Phi) is 6.50. The van der Waals surface area contributed by atoms with Crippen LogP contribution in [0.2, 0.25) is 0 Å². The van der Waals surface area contributed by atoms with Crippen molar-refractivity contribution >= 4 is 63.5 Å². The van der Waals surface area contributed by atoms with Gasteiger partial charge in [0.05, 0.1) is 6.04 Å². The summed E-state index contributed by atoms with van der Waals surface area (Å²) in [5.74, 6) is -1.14. The van der Waals surface area contributed by atoms with Crippen LogP contribution in [0.15, 0.2) is 24.3 Å². The van der Waals surface area contributed by atoms with Gasteiger partial charge in [0, 0.05) is 47.4 Å². The molecule has 141 valence electrons. The van der Waals surface area contributed by atoms with Crippen molar-refractivity contribution in [2.75, 3.05) is 11.9 Å². The summed E-state index contributed by atoms with van der Waals surface area (Å²) in [6.45, 7) is 0.0910. The molecule has 0 aliphatic carbocycles. The fraction of sp³-hybridized carbons (Fsp3) is 0.357. The van der Waals surface area contributed by atoms with E-state index in [1.54, 1.807) is 12.1 Å². The third-order valence-electron chi connectivity index (χ3n) is 4.21. The number of anilines is 1. The summed E-state index contributed by atoms with van der Waals surface area (Å²) in [5.41, 5.74) is 5.75. The summed E-state index contributed by atoms with van der Waals surface area (Å²) in [6, 6.07) is 3.78. The molecule has 2 aliphatic heterocycles. The molecule has 2 heterocycles. The quantitative estimate of drug-likeness (QED) is 0.432. The second kappa shape index (κ2) is 8.12. The zero-order valence-electron chi connectivity index (χ0n) is 14.4. The van der Waals surface area contributed by atoms with Gasteiger partial charge in [-0.25, -0.2) is 4.79 Å². The maximum atomic E-state index is 12.5. The van der Waals surface area contributed by atoms with Crippen LogP contribution in [0.3, 0.4) is 0 Å². The second-order valence-corrected chi connectivity index (χ2v) is 6.95. The molecule has 0 unspecified atom stereocenters. The maximum absolute atomic E-state index is 12.5. The number of hydrogen-bond donors (Lipinski definition) is 3. The molecule has 1 aromatic carbocycles. The van der Waals surface area contributed by atoms with Gasteiger partial charge in [0.1, 0.15) is 6.04 Å². The third-order valence-corrected chi connectivity index (χ3v) is 4.56. The Hall–Kier alpha value is -1.70. The molecule has 11 nitrogen and oxygen atoms in total. The van der Waals surface area contributed by atoms with Gasteiger partial charge in [-0.1, -0.05) is 6.07 Å².